The van der Waals surface area contributed by atoms with Crippen molar-refractivity contribution >= 4 is 44.9 Å². The Morgan fingerprint density at radius 2 is 1.87 bits per heavy atom. The molecule has 0 bridgehead atoms. The molecule has 158 valence electrons. The molecule has 2 aromatic heterocycles. The SMILES string of the molecule is CCc1ccc(NC(=O)C(CC)Sc2nc3scc(-c4ccccc4)c3c(=O)[nH]2)cc1. The van der Waals surface area contributed by atoms with Crippen molar-refractivity contribution in [2.24, 2.45) is 0 Å². The molecule has 2 N–H and O–H groups in total. The third-order valence-electron chi connectivity index (χ3n) is 5.05. The molecule has 1 atom stereocenters. The molecular weight excluding hydrogens is 426 g/mol. The van der Waals surface area contributed by atoms with E-state index in [1.807, 2.05) is 66.9 Å². The number of thioether (sulfide) groups is 1. The molecule has 0 saturated heterocycles. The highest BCUT2D eigenvalue weighted by molar-refractivity contribution is 8.00. The van der Waals surface area contributed by atoms with Gasteiger partial charge in [-0.2, -0.15) is 0 Å². The summed E-state index contributed by atoms with van der Waals surface area (Å²) < 4.78 is 0. The van der Waals surface area contributed by atoms with Crippen LogP contribution in [0.25, 0.3) is 21.3 Å². The lowest BCUT2D eigenvalue weighted by Gasteiger charge is -2.14. The fraction of sp³-hybridized carbons (Fsp3) is 0.208. The minimum atomic E-state index is -0.361. The number of thiophene rings is 1. The number of carbonyl (C=O) groups excluding carboxylic acids is 1. The largest absolute Gasteiger partial charge is 0.325 e. The van der Waals surface area contributed by atoms with Gasteiger partial charge in [-0.1, -0.05) is 68.1 Å². The zero-order chi connectivity index (χ0) is 21.8. The van der Waals surface area contributed by atoms with Crippen LogP contribution in [0.4, 0.5) is 5.69 Å². The lowest BCUT2D eigenvalue weighted by Crippen LogP contribution is -2.25. The Bertz CT molecular complexity index is 1250. The summed E-state index contributed by atoms with van der Waals surface area (Å²) in [6, 6.07) is 17.7. The number of amides is 1. The molecule has 0 aliphatic heterocycles. The standard InChI is InChI=1S/C24H23N3O2S2/c1-3-15-10-12-17(13-11-15)25-21(28)19(4-2)31-24-26-22(29)20-18(14-30-23(20)27-24)16-8-6-5-7-9-16/h5-14,19H,3-4H2,1-2H3,(H,25,28)(H,26,27,29). The fourth-order valence-electron chi connectivity index (χ4n) is 3.32. The number of aryl methyl sites for hydroxylation is 1. The summed E-state index contributed by atoms with van der Waals surface area (Å²) in [7, 11) is 0. The molecule has 4 rings (SSSR count). The quantitative estimate of drug-likeness (QED) is 0.279. The number of aromatic nitrogens is 2. The van der Waals surface area contributed by atoms with Gasteiger partial charge in [-0.15, -0.1) is 11.3 Å². The Morgan fingerprint density at radius 1 is 1.13 bits per heavy atom. The number of benzene rings is 2. The van der Waals surface area contributed by atoms with Crippen molar-refractivity contribution in [3.63, 3.8) is 0 Å². The topological polar surface area (TPSA) is 74.8 Å². The second-order valence-corrected chi connectivity index (χ2v) is 9.17. The molecule has 0 radical (unpaired) electrons. The molecule has 4 aromatic rings. The van der Waals surface area contributed by atoms with Gasteiger partial charge < -0.3 is 10.3 Å². The first kappa shape index (κ1) is 21.3. The summed E-state index contributed by atoms with van der Waals surface area (Å²) in [5.41, 5.74) is 3.68. The average molecular weight is 450 g/mol. The molecule has 0 aliphatic carbocycles. The van der Waals surface area contributed by atoms with E-state index in [1.165, 1.54) is 28.7 Å². The van der Waals surface area contributed by atoms with E-state index < -0.39 is 0 Å². The van der Waals surface area contributed by atoms with Gasteiger partial charge in [-0.05, 0) is 36.1 Å². The predicted molar refractivity (Wildman–Crippen MR) is 130 cm³/mol. The monoisotopic (exact) mass is 449 g/mol. The van der Waals surface area contributed by atoms with Gasteiger partial charge >= 0.3 is 0 Å². The number of fused-ring (bicyclic) bond motifs is 1. The third-order valence-corrected chi connectivity index (χ3v) is 7.17. The zero-order valence-electron chi connectivity index (χ0n) is 17.3. The van der Waals surface area contributed by atoms with Crippen LogP contribution in [-0.2, 0) is 11.2 Å². The van der Waals surface area contributed by atoms with Gasteiger partial charge in [-0.25, -0.2) is 4.98 Å². The molecule has 1 amide bonds. The summed E-state index contributed by atoms with van der Waals surface area (Å²) in [5.74, 6) is -0.101. The normalized spacial score (nSPS) is 12.1. The highest BCUT2D eigenvalue weighted by atomic mass is 32.2. The number of hydrogen-bond donors (Lipinski definition) is 2. The molecule has 1 unspecified atom stereocenters. The summed E-state index contributed by atoms with van der Waals surface area (Å²) in [6.07, 6.45) is 1.57. The van der Waals surface area contributed by atoms with E-state index in [0.29, 0.717) is 21.8 Å². The van der Waals surface area contributed by atoms with E-state index in [-0.39, 0.29) is 16.7 Å². The molecule has 31 heavy (non-hydrogen) atoms. The van der Waals surface area contributed by atoms with Crippen LogP contribution < -0.4 is 10.9 Å². The van der Waals surface area contributed by atoms with Gasteiger partial charge in [0.2, 0.25) is 5.91 Å². The molecule has 0 saturated carbocycles. The molecule has 2 heterocycles. The number of nitrogens with zero attached hydrogens (tertiary/aromatic N) is 1. The van der Waals surface area contributed by atoms with E-state index in [9.17, 15) is 9.59 Å². The predicted octanol–water partition coefficient (Wildman–Crippen LogP) is 5.72. The molecule has 0 spiro atoms. The first-order valence-electron chi connectivity index (χ1n) is 10.2. The lowest BCUT2D eigenvalue weighted by molar-refractivity contribution is -0.115. The van der Waals surface area contributed by atoms with Crippen LogP contribution in [0.1, 0.15) is 25.8 Å². The Hall–Kier alpha value is -2.90. The molecular formula is C24H23N3O2S2. The van der Waals surface area contributed by atoms with Gasteiger partial charge in [0.25, 0.3) is 5.56 Å². The lowest BCUT2D eigenvalue weighted by atomic mass is 10.1. The van der Waals surface area contributed by atoms with Crippen LogP contribution in [0.2, 0.25) is 0 Å². The Morgan fingerprint density at radius 3 is 2.55 bits per heavy atom. The van der Waals surface area contributed by atoms with Crippen molar-refractivity contribution in [1.29, 1.82) is 0 Å². The van der Waals surface area contributed by atoms with Gasteiger partial charge in [0.1, 0.15) is 4.83 Å². The van der Waals surface area contributed by atoms with Gasteiger partial charge in [0.15, 0.2) is 5.16 Å². The number of hydrogen-bond acceptors (Lipinski definition) is 5. The minimum absolute atomic E-state index is 0.101. The zero-order valence-corrected chi connectivity index (χ0v) is 19.0. The third kappa shape index (κ3) is 4.73. The van der Waals surface area contributed by atoms with Crippen LogP contribution in [0.3, 0.4) is 0 Å². The van der Waals surface area contributed by atoms with Crippen molar-refractivity contribution in [1.82, 2.24) is 9.97 Å². The van der Waals surface area contributed by atoms with E-state index in [1.54, 1.807) is 0 Å². The molecule has 5 nitrogen and oxygen atoms in total. The summed E-state index contributed by atoms with van der Waals surface area (Å²) in [5, 5.41) is 5.62. The number of carbonyl (C=O) groups is 1. The van der Waals surface area contributed by atoms with Crippen molar-refractivity contribution < 1.29 is 4.79 Å². The van der Waals surface area contributed by atoms with Gasteiger partial charge in [0, 0.05) is 16.6 Å². The van der Waals surface area contributed by atoms with Crippen LogP contribution in [-0.4, -0.2) is 21.1 Å². The highest BCUT2D eigenvalue weighted by Crippen LogP contribution is 2.32. The molecule has 2 aromatic carbocycles. The summed E-state index contributed by atoms with van der Waals surface area (Å²) >= 11 is 2.73. The van der Waals surface area contributed by atoms with Crippen molar-refractivity contribution in [2.75, 3.05) is 5.32 Å². The number of aromatic amines is 1. The second-order valence-electron chi connectivity index (χ2n) is 7.12. The maximum atomic E-state index is 12.8. The van der Waals surface area contributed by atoms with Gasteiger partial charge in [-0.3, -0.25) is 9.59 Å². The first-order chi connectivity index (χ1) is 15.1. The van der Waals surface area contributed by atoms with E-state index in [2.05, 4.69) is 22.2 Å². The smallest absolute Gasteiger partial charge is 0.260 e. The van der Waals surface area contributed by atoms with Gasteiger partial charge in [0.05, 0.1) is 10.6 Å². The Labute approximate surface area is 188 Å². The van der Waals surface area contributed by atoms with Crippen molar-refractivity contribution in [3.05, 3.63) is 75.9 Å². The maximum absolute atomic E-state index is 12.8. The van der Waals surface area contributed by atoms with Crippen LogP contribution in [0, 0.1) is 0 Å². The summed E-state index contributed by atoms with van der Waals surface area (Å²) in [4.78, 5) is 33.8. The summed E-state index contributed by atoms with van der Waals surface area (Å²) in [6.45, 7) is 4.05. The second kappa shape index (κ2) is 9.49. The number of H-pyrrole nitrogens is 1. The van der Waals surface area contributed by atoms with E-state index >= 15 is 0 Å². The first-order valence-corrected chi connectivity index (χ1v) is 12.0. The van der Waals surface area contributed by atoms with Crippen molar-refractivity contribution in [3.8, 4) is 11.1 Å². The minimum Gasteiger partial charge on any atom is -0.325 e. The Kier molecular flexibility index (Phi) is 6.53. The maximum Gasteiger partial charge on any atom is 0.260 e. The van der Waals surface area contributed by atoms with E-state index in [0.717, 1.165) is 23.2 Å². The molecule has 0 aliphatic rings. The fourth-order valence-corrected chi connectivity index (χ4v) is 5.22. The number of nitrogens with one attached hydrogen (secondary N) is 2. The van der Waals surface area contributed by atoms with Crippen LogP contribution in [0.15, 0.2) is 69.9 Å². The molecule has 0 fully saturated rings. The molecule has 7 heteroatoms. The highest BCUT2D eigenvalue weighted by Gasteiger charge is 2.21. The van der Waals surface area contributed by atoms with Crippen molar-refractivity contribution in [2.45, 2.75) is 37.1 Å². The average Bonchev–Trinajstić information content (AvgIpc) is 3.23. The Balaban J connectivity index is 1.55. The number of rotatable bonds is 7. The number of anilines is 1. The van der Waals surface area contributed by atoms with Crippen LogP contribution in [0.5, 0.6) is 0 Å². The van der Waals surface area contributed by atoms with Crippen LogP contribution >= 0.6 is 23.1 Å². The van der Waals surface area contributed by atoms with E-state index in [4.69, 9.17) is 0 Å².